The molecule has 24 heavy (non-hydrogen) atoms. The lowest BCUT2D eigenvalue weighted by Gasteiger charge is -2.11. The van der Waals surface area contributed by atoms with Crippen LogP contribution in [0.1, 0.15) is 0 Å². The van der Waals surface area contributed by atoms with Crippen LogP contribution in [-0.4, -0.2) is 9.97 Å². The predicted octanol–water partition coefficient (Wildman–Crippen LogP) is 5.48. The van der Waals surface area contributed by atoms with Crippen LogP contribution in [0.25, 0.3) is 33.8 Å². The van der Waals surface area contributed by atoms with Gasteiger partial charge in [0.15, 0.2) is 5.82 Å². The molecule has 0 amide bonds. The van der Waals surface area contributed by atoms with Crippen molar-refractivity contribution in [1.29, 1.82) is 0 Å². The lowest BCUT2D eigenvalue weighted by molar-refractivity contribution is 1.18. The Labute approximate surface area is 141 Å². The minimum atomic E-state index is 0.745. The summed E-state index contributed by atoms with van der Waals surface area (Å²) in [6, 6.07) is 30.6. The van der Waals surface area contributed by atoms with Gasteiger partial charge in [-0.3, -0.25) is 0 Å². The van der Waals surface area contributed by atoms with Crippen LogP contribution in [0.2, 0.25) is 0 Å². The summed E-state index contributed by atoms with van der Waals surface area (Å²) in [4.78, 5) is 9.48. The second-order valence-corrected chi connectivity index (χ2v) is 5.55. The molecule has 0 aliphatic carbocycles. The third kappa shape index (κ3) is 2.82. The van der Waals surface area contributed by atoms with Gasteiger partial charge in [-0.2, -0.15) is 0 Å². The predicted molar refractivity (Wildman–Crippen MR) is 98.3 cm³/mol. The first kappa shape index (κ1) is 14.3. The molecular weight excluding hydrogens is 292 g/mol. The second kappa shape index (κ2) is 6.47. The van der Waals surface area contributed by atoms with Gasteiger partial charge in [-0.25, -0.2) is 9.97 Å². The van der Waals surface area contributed by atoms with Crippen molar-refractivity contribution in [2.75, 3.05) is 0 Å². The maximum atomic E-state index is 4.88. The first-order chi connectivity index (χ1) is 11.9. The molecule has 2 nitrogen and oxygen atoms in total. The minimum absolute atomic E-state index is 0.745. The van der Waals surface area contributed by atoms with Crippen LogP contribution in [0.15, 0.2) is 97.2 Å². The van der Waals surface area contributed by atoms with E-state index in [0.29, 0.717) is 0 Å². The van der Waals surface area contributed by atoms with E-state index in [0.717, 1.165) is 33.8 Å². The van der Waals surface area contributed by atoms with Crippen molar-refractivity contribution in [3.05, 3.63) is 97.2 Å². The van der Waals surface area contributed by atoms with E-state index in [2.05, 4.69) is 29.2 Å². The first-order valence-electron chi connectivity index (χ1n) is 7.95. The fourth-order valence-electron chi connectivity index (χ4n) is 2.75. The molecule has 0 aliphatic rings. The van der Waals surface area contributed by atoms with E-state index in [4.69, 9.17) is 4.98 Å². The molecule has 0 atom stereocenters. The highest BCUT2D eigenvalue weighted by Gasteiger charge is 2.12. The lowest BCUT2D eigenvalue weighted by Crippen LogP contribution is -1.95. The fourth-order valence-corrected chi connectivity index (χ4v) is 2.75. The maximum Gasteiger partial charge on any atom is 0.159 e. The molecule has 0 bridgehead atoms. The van der Waals surface area contributed by atoms with Crippen LogP contribution in [0.3, 0.4) is 0 Å². The smallest absolute Gasteiger partial charge is 0.159 e. The SMILES string of the molecule is c1ccc(-c2ncc(-c3ccccc3)c(-c3ccccc3)n2)cc1. The highest BCUT2D eigenvalue weighted by Crippen LogP contribution is 2.31. The van der Waals surface area contributed by atoms with Gasteiger partial charge in [0.1, 0.15) is 0 Å². The van der Waals surface area contributed by atoms with Gasteiger partial charge in [-0.15, -0.1) is 0 Å². The van der Waals surface area contributed by atoms with Crippen LogP contribution in [0, 0.1) is 0 Å². The Morgan fingerprint density at radius 2 is 1.00 bits per heavy atom. The van der Waals surface area contributed by atoms with Crippen molar-refractivity contribution in [2.45, 2.75) is 0 Å². The van der Waals surface area contributed by atoms with Crippen molar-refractivity contribution in [2.24, 2.45) is 0 Å². The van der Waals surface area contributed by atoms with E-state index >= 15 is 0 Å². The zero-order valence-corrected chi connectivity index (χ0v) is 13.1. The van der Waals surface area contributed by atoms with Crippen molar-refractivity contribution < 1.29 is 0 Å². The van der Waals surface area contributed by atoms with Gasteiger partial charge < -0.3 is 0 Å². The Morgan fingerprint density at radius 1 is 0.500 bits per heavy atom. The van der Waals surface area contributed by atoms with Crippen LogP contribution in [0.4, 0.5) is 0 Å². The quantitative estimate of drug-likeness (QED) is 0.501. The number of nitrogens with zero attached hydrogens (tertiary/aromatic N) is 2. The molecule has 4 aromatic rings. The number of benzene rings is 3. The third-order valence-electron chi connectivity index (χ3n) is 3.95. The largest absolute Gasteiger partial charge is 0.236 e. The van der Waals surface area contributed by atoms with Crippen molar-refractivity contribution in [1.82, 2.24) is 9.97 Å². The van der Waals surface area contributed by atoms with Crippen molar-refractivity contribution >= 4 is 0 Å². The molecule has 0 fully saturated rings. The van der Waals surface area contributed by atoms with Gasteiger partial charge in [0.2, 0.25) is 0 Å². The third-order valence-corrected chi connectivity index (χ3v) is 3.95. The molecular formula is C22H16N2. The summed E-state index contributed by atoms with van der Waals surface area (Å²) < 4.78 is 0. The van der Waals surface area contributed by atoms with Crippen LogP contribution in [-0.2, 0) is 0 Å². The molecule has 0 aliphatic heterocycles. The van der Waals surface area contributed by atoms with E-state index in [1.54, 1.807) is 0 Å². The summed E-state index contributed by atoms with van der Waals surface area (Å²) in [5.74, 6) is 0.745. The Hall–Kier alpha value is -3.26. The average Bonchev–Trinajstić information content (AvgIpc) is 2.69. The standard InChI is InChI=1S/C22H16N2/c1-4-10-17(11-5-1)20-16-23-22(19-14-8-3-9-15-19)24-21(20)18-12-6-2-7-13-18/h1-16H. The van der Waals surface area contributed by atoms with Crippen LogP contribution in [0.5, 0.6) is 0 Å². The summed E-state index contributed by atoms with van der Waals surface area (Å²) >= 11 is 0. The molecule has 0 spiro atoms. The van der Waals surface area contributed by atoms with E-state index < -0.39 is 0 Å². The molecule has 0 unspecified atom stereocenters. The van der Waals surface area contributed by atoms with Gasteiger partial charge in [-0.1, -0.05) is 91.0 Å². The molecule has 4 rings (SSSR count). The van der Waals surface area contributed by atoms with Crippen molar-refractivity contribution in [3.63, 3.8) is 0 Å². The topological polar surface area (TPSA) is 25.8 Å². The zero-order chi connectivity index (χ0) is 16.2. The highest BCUT2D eigenvalue weighted by atomic mass is 14.9. The molecule has 114 valence electrons. The van der Waals surface area contributed by atoms with E-state index in [1.165, 1.54) is 0 Å². The molecule has 1 heterocycles. The van der Waals surface area contributed by atoms with Crippen molar-refractivity contribution in [3.8, 4) is 33.8 Å². The Bertz CT molecular complexity index is 933. The molecule has 0 radical (unpaired) electrons. The van der Waals surface area contributed by atoms with Crippen LogP contribution < -0.4 is 0 Å². The molecule has 2 heteroatoms. The number of rotatable bonds is 3. The fraction of sp³-hybridized carbons (Fsp3) is 0. The van der Waals surface area contributed by atoms with Gasteiger partial charge in [-0.05, 0) is 5.56 Å². The summed E-state index contributed by atoms with van der Waals surface area (Å²) in [7, 11) is 0. The Morgan fingerprint density at radius 3 is 1.58 bits per heavy atom. The average molecular weight is 308 g/mol. The Kier molecular flexibility index (Phi) is 3.86. The van der Waals surface area contributed by atoms with Gasteiger partial charge >= 0.3 is 0 Å². The monoisotopic (exact) mass is 308 g/mol. The molecule has 0 saturated carbocycles. The second-order valence-electron chi connectivity index (χ2n) is 5.55. The van der Waals surface area contributed by atoms with Crippen LogP contribution >= 0.6 is 0 Å². The molecule has 3 aromatic carbocycles. The first-order valence-corrected chi connectivity index (χ1v) is 7.95. The Balaban J connectivity index is 1.92. The van der Waals surface area contributed by atoms with E-state index in [1.807, 2.05) is 72.9 Å². The summed E-state index contributed by atoms with van der Waals surface area (Å²) in [5.41, 5.74) is 5.23. The van der Waals surface area contributed by atoms with Gasteiger partial charge in [0, 0.05) is 22.9 Å². The van der Waals surface area contributed by atoms with Gasteiger partial charge in [0.05, 0.1) is 5.69 Å². The number of aromatic nitrogens is 2. The van der Waals surface area contributed by atoms with E-state index in [9.17, 15) is 0 Å². The summed E-state index contributed by atoms with van der Waals surface area (Å²) in [6.45, 7) is 0. The van der Waals surface area contributed by atoms with E-state index in [-0.39, 0.29) is 0 Å². The van der Waals surface area contributed by atoms with Gasteiger partial charge in [0.25, 0.3) is 0 Å². The zero-order valence-electron chi connectivity index (χ0n) is 13.1. The highest BCUT2D eigenvalue weighted by molar-refractivity contribution is 5.81. The molecule has 0 saturated heterocycles. The lowest BCUT2D eigenvalue weighted by atomic mass is 10.0. The minimum Gasteiger partial charge on any atom is -0.236 e. The summed E-state index contributed by atoms with van der Waals surface area (Å²) in [6.07, 6.45) is 1.92. The maximum absolute atomic E-state index is 4.88. The number of hydrogen-bond donors (Lipinski definition) is 0. The molecule has 1 aromatic heterocycles. The number of hydrogen-bond acceptors (Lipinski definition) is 2. The molecule has 0 N–H and O–H groups in total. The summed E-state index contributed by atoms with van der Waals surface area (Å²) in [5, 5.41) is 0. The normalized spacial score (nSPS) is 10.5.